The van der Waals surface area contributed by atoms with Gasteiger partial charge < -0.3 is 20.7 Å². The van der Waals surface area contributed by atoms with Gasteiger partial charge in [0.2, 0.25) is 21.8 Å². The van der Waals surface area contributed by atoms with E-state index in [0.29, 0.717) is 42.5 Å². The van der Waals surface area contributed by atoms with E-state index in [1.54, 1.807) is 30.3 Å². The molecule has 0 atom stereocenters. The Balaban J connectivity index is 1.69. The van der Waals surface area contributed by atoms with Gasteiger partial charge in [-0.05, 0) is 62.2 Å². The molecule has 3 N–H and O–H groups in total. The van der Waals surface area contributed by atoms with E-state index in [-0.39, 0.29) is 23.3 Å². The maximum atomic E-state index is 13.0. The third-order valence-electron chi connectivity index (χ3n) is 5.13. The van der Waals surface area contributed by atoms with Crippen LogP contribution in [0.3, 0.4) is 0 Å². The Morgan fingerprint density at radius 1 is 0.970 bits per heavy atom. The summed E-state index contributed by atoms with van der Waals surface area (Å²) in [4.78, 5) is 23.7. The summed E-state index contributed by atoms with van der Waals surface area (Å²) < 4.78 is 33.2. The summed E-state index contributed by atoms with van der Waals surface area (Å²) in [6.07, 6.45) is 2.74. The van der Waals surface area contributed by atoms with Crippen molar-refractivity contribution < 1.29 is 22.7 Å². The van der Waals surface area contributed by atoms with Gasteiger partial charge in [-0.3, -0.25) is 9.59 Å². The van der Waals surface area contributed by atoms with Crippen LogP contribution in [0.15, 0.2) is 47.4 Å². The summed E-state index contributed by atoms with van der Waals surface area (Å²) >= 11 is 0. The summed E-state index contributed by atoms with van der Waals surface area (Å²) in [5.41, 5.74) is 1.64. The van der Waals surface area contributed by atoms with E-state index in [1.807, 2.05) is 6.92 Å². The van der Waals surface area contributed by atoms with Gasteiger partial charge in [0, 0.05) is 31.4 Å². The molecule has 178 valence electrons. The number of sulfonamides is 1. The van der Waals surface area contributed by atoms with Gasteiger partial charge in [0.1, 0.15) is 5.75 Å². The molecule has 0 spiro atoms. The lowest BCUT2D eigenvalue weighted by Gasteiger charge is -2.26. The largest absolute Gasteiger partial charge is 0.492 e. The summed E-state index contributed by atoms with van der Waals surface area (Å²) in [5, 5.41) is 8.41. The summed E-state index contributed by atoms with van der Waals surface area (Å²) in [5.74, 6) is -0.0119. The zero-order chi connectivity index (χ0) is 23.8. The van der Waals surface area contributed by atoms with Gasteiger partial charge >= 0.3 is 0 Å². The van der Waals surface area contributed by atoms with E-state index >= 15 is 0 Å². The molecule has 0 saturated carbocycles. The Bertz CT molecular complexity index is 1080. The Morgan fingerprint density at radius 2 is 1.61 bits per heavy atom. The van der Waals surface area contributed by atoms with Crippen molar-refractivity contribution in [2.75, 3.05) is 42.2 Å². The SMILES string of the molecule is CCOc1ccc(S(=O)(=O)N2CCCCC2)cc1NCC(=O)Nc1ccc(NC(C)=O)cc1. The smallest absolute Gasteiger partial charge is 0.243 e. The van der Waals surface area contributed by atoms with Crippen molar-refractivity contribution in [3.8, 4) is 5.75 Å². The number of carbonyl (C=O) groups excluding carboxylic acids is 2. The highest BCUT2D eigenvalue weighted by Crippen LogP contribution is 2.30. The number of piperidine rings is 1. The second-order valence-electron chi connectivity index (χ2n) is 7.72. The van der Waals surface area contributed by atoms with Crippen LogP contribution in [0.25, 0.3) is 0 Å². The Hall–Kier alpha value is -3.11. The molecule has 3 rings (SSSR count). The van der Waals surface area contributed by atoms with Gasteiger partial charge in [-0.1, -0.05) is 6.42 Å². The van der Waals surface area contributed by atoms with Crippen molar-refractivity contribution in [1.29, 1.82) is 0 Å². The topological polar surface area (TPSA) is 117 Å². The van der Waals surface area contributed by atoms with Crippen molar-refractivity contribution in [3.05, 3.63) is 42.5 Å². The third-order valence-corrected chi connectivity index (χ3v) is 7.03. The summed E-state index contributed by atoms with van der Waals surface area (Å²) in [7, 11) is -3.61. The first kappa shape index (κ1) is 24.5. The van der Waals surface area contributed by atoms with Gasteiger partial charge in [0.05, 0.1) is 23.7 Å². The molecule has 0 unspecified atom stereocenters. The minimum Gasteiger partial charge on any atom is -0.492 e. The van der Waals surface area contributed by atoms with Crippen LogP contribution < -0.4 is 20.7 Å². The molecule has 1 saturated heterocycles. The number of carbonyl (C=O) groups is 2. The first-order chi connectivity index (χ1) is 15.8. The van der Waals surface area contributed by atoms with Crippen LogP contribution in [0.5, 0.6) is 5.75 Å². The maximum absolute atomic E-state index is 13.0. The van der Waals surface area contributed by atoms with Gasteiger partial charge in [-0.2, -0.15) is 4.31 Å². The van der Waals surface area contributed by atoms with Gasteiger partial charge in [0.15, 0.2) is 0 Å². The van der Waals surface area contributed by atoms with Crippen LogP contribution >= 0.6 is 0 Å². The lowest BCUT2D eigenvalue weighted by Crippen LogP contribution is -2.35. The molecule has 1 heterocycles. The second kappa shape index (κ2) is 11.2. The average Bonchev–Trinajstić information content (AvgIpc) is 2.80. The average molecular weight is 475 g/mol. The van der Waals surface area contributed by atoms with E-state index in [1.165, 1.54) is 23.4 Å². The lowest BCUT2D eigenvalue weighted by molar-refractivity contribution is -0.115. The maximum Gasteiger partial charge on any atom is 0.243 e. The molecular weight excluding hydrogens is 444 g/mol. The predicted octanol–water partition coefficient (Wildman–Crippen LogP) is 3.27. The molecule has 10 heteroatoms. The molecule has 0 radical (unpaired) electrons. The van der Waals surface area contributed by atoms with Crippen molar-refractivity contribution in [1.82, 2.24) is 4.31 Å². The fraction of sp³-hybridized carbons (Fsp3) is 0.391. The first-order valence-corrected chi connectivity index (χ1v) is 12.4. The van der Waals surface area contributed by atoms with E-state index in [0.717, 1.165) is 19.3 Å². The number of ether oxygens (including phenoxy) is 1. The standard InChI is InChI=1S/C23H30N4O5S/c1-3-32-22-12-11-20(33(30,31)27-13-5-4-6-14-27)15-21(22)24-16-23(29)26-19-9-7-18(8-10-19)25-17(2)28/h7-12,15,24H,3-6,13-14,16H2,1-2H3,(H,25,28)(H,26,29). The van der Waals surface area contributed by atoms with Crippen molar-refractivity contribution >= 4 is 38.9 Å². The van der Waals surface area contributed by atoms with Crippen LogP contribution in [0.1, 0.15) is 33.1 Å². The van der Waals surface area contributed by atoms with E-state index in [9.17, 15) is 18.0 Å². The molecular formula is C23H30N4O5S. The molecule has 2 aromatic rings. The van der Waals surface area contributed by atoms with Gasteiger partial charge in [0.25, 0.3) is 0 Å². The zero-order valence-electron chi connectivity index (χ0n) is 18.9. The van der Waals surface area contributed by atoms with Crippen molar-refractivity contribution in [3.63, 3.8) is 0 Å². The number of benzene rings is 2. The number of rotatable bonds is 9. The number of hydrogen-bond donors (Lipinski definition) is 3. The molecule has 1 fully saturated rings. The normalized spacial score (nSPS) is 14.4. The van der Waals surface area contributed by atoms with Gasteiger partial charge in [-0.25, -0.2) is 8.42 Å². The van der Waals surface area contributed by atoms with Crippen LogP contribution in [0, 0.1) is 0 Å². The molecule has 0 aromatic heterocycles. The van der Waals surface area contributed by atoms with E-state index in [4.69, 9.17) is 4.74 Å². The van der Waals surface area contributed by atoms with Crippen LogP contribution in [0.2, 0.25) is 0 Å². The zero-order valence-corrected chi connectivity index (χ0v) is 19.7. The third kappa shape index (κ3) is 6.69. The quantitative estimate of drug-likeness (QED) is 0.514. The van der Waals surface area contributed by atoms with Gasteiger partial charge in [-0.15, -0.1) is 0 Å². The number of amides is 2. The van der Waals surface area contributed by atoms with Crippen molar-refractivity contribution in [2.45, 2.75) is 38.0 Å². The highest BCUT2D eigenvalue weighted by molar-refractivity contribution is 7.89. The Kier molecular flexibility index (Phi) is 8.29. The first-order valence-electron chi connectivity index (χ1n) is 11.0. The Morgan fingerprint density at radius 3 is 2.21 bits per heavy atom. The second-order valence-corrected chi connectivity index (χ2v) is 9.65. The number of nitrogens with one attached hydrogen (secondary N) is 3. The fourth-order valence-electron chi connectivity index (χ4n) is 3.56. The highest BCUT2D eigenvalue weighted by Gasteiger charge is 2.26. The number of hydrogen-bond acceptors (Lipinski definition) is 6. The molecule has 0 aliphatic carbocycles. The van der Waals surface area contributed by atoms with Crippen LogP contribution in [0.4, 0.5) is 17.1 Å². The van der Waals surface area contributed by atoms with Crippen LogP contribution in [-0.4, -0.2) is 50.8 Å². The lowest BCUT2D eigenvalue weighted by atomic mass is 10.2. The number of nitrogens with zero attached hydrogens (tertiary/aromatic N) is 1. The predicted molar refractivity (Wildman–Crippen MR) is 128 cm³/mol. The molecule has 2 aromatic carbocycles. The minimum absolute atomic E-state index is 0.0826. The van der Waals surface area contributed by atoms with E-state index < -0.39 is 10.0 Å². The Labute approximate surface area is 194 Å². The molecule has 2 amide bonds. The molecule has 33 heavy (non-hydrogen) atoms. The molecule has 0 bridgehead atoms. The van der Waals surface area contributed by atoms with E-state index in [2.05, 4.69) is 16.0 Å². The fourth-order valence-corrected chi connectivity index (χ4v) is 5.11. The number of anilines is 3. The monoisotopic (exact) mass is 474 g/mol. The molecule has 1 aliphatic rings. The summed E-state index contributed by atoms with van der Waals surface area (Å²) in [6, 6.07) is 11.4. The van der Waals surface area contributed by atoms with Crippen LogP contribution in [-0.2, 0) is 19.6 Å². The summed E-state index contributed by atoms with van der Waals surface area (Å²) in [6.45, 7) is 4.60. The molecule has 1 aliphatic heterocycles. The van der Waals surface area contributed by atoms with Crippen molar-refractivity contribution in [2.24, 2.45) is 0 Å². The minimum atomic E-state index is -3.61. The molecule has 9 nitrogen and oxygen atoms in total. The highest BCUT2D eigenvalue weighted by atomic mass is 32.2.